The number of halogens is 2. The van der Waals surface area contributed by atoms with Crippen molar-refractivity contribution in [1.29, 1.82) is 0 Å². The van der Waals surface area contributed by atoms with Crippen LogP contribution >= 0.6 is 31.9 Å². The molecule has 0 saturated carbocycles. The van der Waals surface area contributed by atoms with Gasteiger partial charge in [0.05, 0.1) is 6.54 Å². The van der Waals surface area contributed by atoms with E-state index in [9.17, 15) is 13.2 Å². The number of nitrogens with two attached hydrogens (primary N) is 1. The molecule has 1 aromatic carbocycles. The van der Waals surface area contributed by atoms with Gasteiger partial charge in [-0.15, -0.1) is 0 Å². The molecule has 1 aromatic rings. The Kier molecular flexibility index (Phi) is 6.21. The van der Waals surface area contributed by atoms with E-state index in [2.05, 4.69) is 31.9 Å². The predicted molar refractivity (Wildman–Crippen MR) is 89.4 cm³/mol. The van der Waals surface area contributed by atoms with Crippen LogP contribution in [0, 0.1) is 0 Å². The molecule has 0 aromatic heterocycles. The molecule has 0 atom stereocenters. The summed E-state index contributed by atoms with van der Waals surface area (Å²) in [6.45, 7) is 1.65. The SMILES string of the molecule is CCN(CC(=O)N(C)C)S(=O)(=O)c1c(Br)cc(N)cc1Br. The lowest BCUT2D eigenvalue weighted by Crippen LogP contribution is -2.40. The van der Waals surface area contributed by atoms with Crippen molar-refractivity contribution in [3.05, 3.63) is 21.1 Å². The Morgan fingerprint density at radius 3 is 2.10 bits per heavy atom. The molecule has 9 heteroatoms. The van der Waals surface area contributed by atoms with E-state index >= 15 is 0 Å². The van der Waals surface area contributed by atoms with Crippen LogP contribution in [0.5, 0.6) is 0 Å². The lowest BCUT2D eigenvalue weighted by Gasteiger charge is -2.23. The van der Waals surface area contributed by atoms with Crippen LogP contribution in [0.15, 0.2) is 26.0 Å². The number of carbonyl (C=O) groups excluding carboxylic acids is 1. The van der Waals surface area contributed by atoms with Crippen LogP contribution in [0.4, 0.5) is 5.69 Å². The summed E-state index contributed by atoms with van der Waals surface area (Å²) in [4.78, 5) is 13.2. The summed E-state index contributed by atoms with van der Waals surface area (Å²) < 4.78 is 27.3. The van der Waals surface area contributed by atoms with Crippen molar-refractivity contribution >= 4 is 53.5 Å². The van der Waals surface area contributed by atoms with Gasteiger partial charge in [-0.3, -0.25) is 4.79 Å². The van der Waals surface area contributed by atoms with Gasteiger partial charge in [0.25, 0.3) is 0 Å². The lowest BCUT2D eigenvalue weighted by atomic mass is 10.3. The van der Waals surface area contributed by atoms with E-state index in [1.54, 1.807) is 21.0 Å². The molecule has 1 amide bonds. The van der Waals surface area contributed by atoms with Crippen molar-refractivity contribution in [2.45, 2.75) is 11.8 Å². The minimum absolute atomic E-state index is 0.0603. The Morgan fingerprint density at radius 1 is 1.24 bits per heavy atom. The predicted octanol–water partition coefficient (Wildman–Crippen LogP) is 1.89. The molecule has 0 spiro atoms. The molecular formula is C12H17Br2N3O3S. The zero-order valence-corrected chi connectivity index (χ0v) is 15.9. The molecule has 118 valence electrons. The highest BCUT2D eigenvalue weighted by Gasteiger charge is 2.30. The third kappa shape index (κ3) is 4.18. The summed E-state index contributed by atoms with van der Waals surface area (Å²) in [6, 6.07) is 3.03. The van der Waals surface area contributed by atoms with Crippen LogP contribution in [-0.4, -0.2) is 50.7 Å². The smallest absolute Gasteiger partial charge is 0.245 e. The Labute approximate surface area is 141 Å². The molecule has 0 unspecified atom stereocenters. The third-order valence-corrected chi connectivity index (χ3v) is 6.58. The molecule has 21 heavy (non-hydrogen) atoms. The maximum atomic E-state index is 12.7. The molecule has 0 aliphatic heterocycles. The highest BCUT2D eigenvalue weighted by Crippen LogP contribution is 2.34. The number of rotatable bonds is 5. The normalized spacial score (nSPS) is 11.7. The van der Waals surface area contributed by atoms with Crippen LogP contribution < -0.4 is 5.73 Å². The van der Waals surface area contributed by atoms with Gasteiger partial charge in [-0.25, -0.2) is 8.42 Å². The van der Waals surface area contributed by atoms with Gasteiger partial charge in [-0.2, -0.15) is 4.31 Å². The van der Waals surface area contributed by atoms with E-state index in [1.807, 2.05) is 0 Å². The van der Waals surface area contributed by atoms with E-state index in [1.165, 1.54) is 17.0 Å². The number of nitrogens with zero attached hydrogens (tertiary/aromatic N) is 2. The van der Waals surface area contributed by atoms with Crippen LogP contribution in [-0.2, 0) is 14.8 Å². The first-order chi connectivity index (χ1) is 9.61. The standard InChI is InChI=1S/C12H17Br2N3O3S/c1-4-17(7-11(18)16(2)3)21(19,20)12-9(13)5-8(15)6-10(12)14/h5-6H,4,7,15H2,1-3H3. The van der Waals surface area contributed by atoms with Crippen molar-refractivity contribution in [3.63, 3.8) is 0 Å². The van der Waals surface area contributed by atoms with Crippen molar-refractivity contribution in [2.24, 2.45) is 0 Å². The van der Waals surface area contributed by atoms with E-state index in [-0.39, 0.29) is 23.9 Å². The fourth-order valence-corrected chi connectivity index (χ4v) is 5.55. The monoisotopic (exact) mass is 441 g/mol. The number of hydrogen-bond donors (Lipinski definition) is 1. The largest absolute Gasteiger partial charge is 0.399 e. The first-order valence-corrected chi connectivity index (χ1v) is 9.08. The quantitative estimate of drug-likeness (QED) is 0.705. The van der Waals surface area contributed by atoms with Gasteiger partial charge < -0.3 is 10.6 Å². The second-order valence-corrected chi connectivity index (χ2v) is 8.12. The molecule has 0 radical (unpaired) electrons. The molecule has 0 aliphatic carbocycles. The Bertz CT molecular complexity index is 624. The zero-order valence-electron chi connectivity index (χ0n) is 11.9. The van der Waals surface area contributed by atoms with Gasteiger partial charge >= 0.3 is 0 Å². The minimum Gasteiger partial charge on any atom is -0.399 e. The molecule has 0 bridgehead atoms. The first kappa shape index (κ1) is 18.4. The highest BCUT2D eigenvalue weighted by atomic mass is 79.9. The maximum absolute atomic E-state index is 12.7. The number of carbonyl (C=O) groups is 1. The molecule has 0 saturated heterocycles. The van der Waals surface area contributed by atoms with E-state index in [0.29, 0.717) is 14.6 Å². The van der Waals surface area contributed by atoms with Crippen LogP contribution in [0.3, 0.4) is 0 Å². The second-order valence-electron chi connectivity index (χ2n) is 4.53. The lowest BCUT2D eigenvalue weighted by molar-refractivity contribution is -0.128. The van der Waals surface area contributed by atoms with Gasteiger partial charge in [0.1, 0.15) is 4.90 Å². The van der Waals surface area contributed by atoms with Gasteiger partial charge in [0, 0.05) is 35.3 Å². The van der Waals surface area contributed by atoms with E-state index < -0.39 is 10.0 Å². The number of likely N-dealkylation sites (N-methyl/N-ethyl adjacent to an activating group) is 2. The van der Waals surface area contributed by atoms with Crippen molar-refractivity contribution in [1.82, 2.24) is 9.21 Å². The van der Waals surface area contributed by atoms with Crippen LogP contribution in [0.25, 0.3) is 0 Å². The Hall–Kier alpha value is -0.640. The molecular weight excluding hydrogens is 426 g/mol. The summed E-state index contributed by atoms with van der Waals surface area (Å²) >= 11 is 6.43. The second kappa shape index (κ2) is 7.08. The molecule has 6 nitrogen and oxygen atoms in total. The van der Waals surface area contributed by atoms with Crippen LogP contribution in [0.1, 0.15) is 6.92 Å². The summed E-state index contributed by atoms with van der Waals surface area (Å²) in [7, 11) is -0.659. The number of benzene rings is 1. The van der Waals surface area contributed by atoms with Gasteiger partial charge in [0.15, 0.2) is 0 Å². The summed E-state index contributed by atoms with van der Waals surface area (Å²) in [5.41, 5.74) is 6.10. The first-order valence-electron chi connectivity index (χ1n) is 6.06. The Morgan fingerprint density at radius 2 is 1.71 bits per heavy atom. The van der Waals surface area contributed by atoms with Gasteiger partial charge in [-0.1, -0.05) is 6.92 Å². The van der Waals surface area contributed by atoms with Crippen molar-refractivity contribution < 1.29 is 13.2 Å². The number of nitrogen functional groups attached to an aromatic ring is 1. The topological polar surface area (TPSA) is 83.7 Å². The fraction of sp³-hybridized carbons (Fsp3) is 0.417. The fourth-order valence-electron chi connectivity index (χ4n) is 1.61. The van der Waals surface area contributed by atoms with Crippen molar-refractivity contribution in [2.75, 3.05) is 32.9 Å². The van der Waals surface area contributed by atoms with Gasteiger partial charge in [-0.05, 0) is 44.0 Å². The molecule has 2 N–H and O–H groups in total. The maximum Gasteiger partial charge on any atom is 0.245 e. The molecule has 0 heterocycles. The highest BCUT2D eigenvalue weighted by molar-refractivity contribution is 9.11. The number of sulfonamides is 1. The summed E-state index contributed by atoms with van der Waals surface area (Å²) in [5.74, 6) is -0.289. The average Bonchev–Trinajstić information content (AvgIpc) is 2.33. The molecule has 0 fully saturated rings. The van der Waals surface area contributed by atoms with Crippen molar-refractivity contribution in [3.8, 4) is 0 Å². The average molecular weight is 443 g/mol. The van der Waals surface area contributed by atoms with E-state index in [4.69, 9.17) is 5.73 Å². The van der Waals surface area contributed by atoms with E-state index in [0.717, 1.165) is 4.31 Å². The Balaban J connectivity index is 3.29. The minimum atomic E-state index is -3.82. The summed E-state index contributed by atoms with van der Waals surface area (Å²) in [5, 5.41) is 0. The zero-order chi connectivity index (χ0) is 16.4. The molecule has 0 aliphatic rings. The molecule has 1 rings (SSSR count). The number of hydrogen-bond acceptors (Lipinski definition) is 4. The third-order valence-electron chi connectivity index (χ3n) is 2.78. The van der Waals surface area contributed by atoms with Gasteiger partial charge in [0.2, 0.25) is 15.9 Å². The number of amides is 1. The number of anilines is 1. The summed E-state index contributed by atoms with van der Waals surface area (Å²) in [6.07, 6.45) is 0. The van der Waals surface area contributed by atoms with Crippen LogP contribution in [0.2, 0.25) is 0 Å².